The minimum absolute atomic E-state index is 0. The maximum atomic E-state index is 9.75. The van der Waals surface area contributed by atoms with Gasteiger partial charge in [-0.25, -0.2) is 0 Å². The molecule has 0 spiro atoms. The molecule has 0 saturated heterocycles. The van der Waals surface area contributed by atoms with Crippen LogP contribution in [0.1, 0.15) is 0 Å². The van der Waals surface area contributed by atoms with Crippen molar-refractivity contribution in [2.45, 2.75) is 0 Å². The monoisotopic (exact) mass is 395 g/mol. The van der Waals surface area contributed by atoms with Gasteiger partial charge in [0.05, 0.1) is 0 Å². The molecule has 0 radical (unpaired) electrons. The van der Waals surface area contributed by atoms with E-state index < -0.39 is 21.8 Å². The van der Waals surface area contributed by atoms with Crippen molar-refractivity contribution in [3.63, 3.8) is 0 Å². The van der Waals surface area contributed by atoms with Crippen LogP contribution >= 0.6 is 0 Å². The van der Waals surface area contributed by atoms with Crippen LogP contribution in [-0.4, -0.2) is 90.7 Å². The summed E-state index contributed by atoms with van der Waals surface area (Å²) >= 11 is 0. The zero-order valence-corrected chi connectivity index (χ0v) is 6.27. The molecule has 0 saturated carbocycles. The Morgan fingerprint density at radius 1 is 0.312 bits per heavy atom. The van der Waals surface area contributed by atoms with Crippen LogP contribution in [0.4, 0.5) is 51.8 Å². The molecule has 98 valence electrons. The van der Waals surface area contributed by atoms with Crippen LogP contribution in [0.5, 0.6) is 0 Å². The number of halogens is 12. The molecular formula is HB3CsF12-3. The van der Waals surface area contributed by atoms with Crippen molar-refractivity contribution in [2.24, 2.45) is 0 Å². The van der Waals surface area contributed by atoms with Crippen molar-refractivity contribution in [2.75, 3.05) is 0 Å². The third kappa shape index (κ3) is 1620. The molecule has 0 heterocycles. The van der Waals surface area contributed by atoms with Crippen molar-refractivity contribution in [1.82, 2.24) is 0 Å². The Morgan fingerprint density at radius 2 is 0.312 bits per heavy atom. The Bertz CT molecular complexity index is 91.3. The van der Waals surface area contributed by atoms with E-state index in [0.29, 0.717) is 0 Å². The average Bonchev–Trinajstić information content (AvgIpc) is 1.41. The Labute approximate surface area is 140 Å². The van der Waals surface area contributed by atoms with Crippen molar-refractivity contribution < 1.29 is 51.8 Å². The van der Waals surface area contributed by atoms with Gasteiger partial charge in [-0.3, -0.25) is 0 Å². The summed E-state index contributed by atoms with van der Waals surface area (Å²) in [7, 11) is -18.0. The van der Waals surface area contributed by atoms with Crippen LogP contribution in [0.25, 0.3) is 0 Å². The Balaban J connectivity index is -0.0000000655. The first kappa shape index (κ1) is 26.1. The molecule has 0 aliphatic heterocycles. The van der Waals surface area contributed by atoms with Crippen LogP contribution in [-0.2, 0) is 0 Å². The van der Waals surface area contributed by atoms with Crippen LogP contribution in [0, 0.1) is 0 Å². The SMILES string of the molecule is F[B-](F)(F)F.F[B-](F)(F)F.F[B-](F)(F)F.[CsH]. The third-order valence-electron chi connectivity index (χ3n) is 0. The Morgan fingerprint density at radius 3 is 0.312 bits per heavy atom. The molecular weight excluding hydrogens is 393 g/mol. The molecule has 0 unspecified atom stereocenters. The van der Waals surface area contributed by atoms with E-state index in [4.69, 9.17) is 0 Å². The molecule has 16 heavy (non-hydrogen) atoms. The predicted octanol–water partition coefficient (Wildman–Crippen LogP) is 3.25. The predicted molar refractivity (Wildman–Crippen MR) is 37.7 cm³/mol. The van der Waals surface area contributed by atoms with E-state index in [0.717, 1.165) is 0 Å². The van der Waals surface area contributed by atoms with E-state index in [1.54, 1.807) is 0 Å². The molecule has 16 heteroatoms. The summed E-state index contributed by atoms with van der Waals surface area (Å²) in [6, 6.07) is 0. The molecule has 0 rings (SSSR count). The minimum atomic E-state index is -6.00. The fraction of sp³-hybridized carbons (Fsp3) is 0. The fourth-order valence-electron chi connectivity index (χ4n) is 0. The number of hydrogen-bond donors (Lipinski definition) is 0. The fourth-order valence-corrected chi connectivity index (χ4v) is 0. The Kier molecular flexibility index (Phi) is 16.8. The molecule has 0 amide bonds. The normalized spacial score (nSPS) is 11.2. The molecule has 0 N–H and O–H groups in total. The van der Waals surface area contributed by atoms with Gasteiger partial charge in [-0.05, 0) is 0 Å². The maximum absolute atomic E-state index is 9.75. The van der Waals surface area contributed by atoms with E-state index in [1.807, 2.05) is 0 Å². The summed E-state index contributed by atoms with van der Waals surface area (Å²) in [6.07, 6.45) is 0. The first-order chi connectivity index (χ1) is 6.00. The average molecular weight is 394 g/mol. The van der Waals surface area contributed by atoms with Crippen LogP contribution in [0.15, 0.2) is 0 Å². The van der Waals surface area contributed by atoms with Crippen LogP contribution < -0.4 is 0 Å². The van der Waals surface area contributed by atoms with Gasteiger partial charge in [0.2, 0.25) is 0 Å². The van der Waals surface area contributed by atoms with E-state index in [2.05, 4.69) is 0 Å². The van der Waals surface area contributed by atoms with Crippen molar-refractivity contribution in [3.05, 3.63) is 0 Å². The molecule has 0 aliphatic carbocycles. The van der Waals surface area contributed by atoms with Gasteiger partial charge in [-0.15, -0.1) is 0 Å². The summed E-state index contributed by atoms with van der Waals surface area (Å²) < 4.78 is 117. The van der Waals surface area contributed by atoms with Crippen LogP contribution in [0.3, 0.4) is 0 Å². The van der Waals surface area contributed by atoms with Gasteiger partial charge in [-0.2, -0.15) is 0 Å². The van der Waals surface area contributed by atoms with Gasteiger partial charge >= 0.3 is 90.7 Å². The second-order valence-electron chi connectivity index (χ2n) is 1.48. The van der Waals surface area contributed by atoms with Gasteiger partial charge in [0.1, 0.15) is 0 Å². The van der Waals surface area contributed by atoms with Crippen molar-refractivity contribution in [3.8, 4) is 0 Å². The van der Waals surface area contributed by atoms with Gasteiger partial charge in [0, 0.05) is 0 Å². The van der Waals surface area contributed by atoms with E-state index in [1.165, 1.54) is 0 Å². The second kappa shape index (κ2) is 10.3. The molecule has 0 fully saturated rings. The summed E-state index contributed by atoms with van der Waals surface area (Å²) in [6.45, 7) is 0. The van der Waals surface area contributed by atoms with Gasteiger partial charge in [0.25, 0.3) is 0 Å². The molecule has 0 nitrogen and oxygen atoms in total. The Hall–Kier alpha value is 1.41. The third-order valence-corrected chi connectivity index (χ3v) is 0. The second-order valence-corrected chi connectivity index (χ2v) is 1.48. The quantitative estimate of drug-likeness (QED) is 0.437. The van der Waals surface area contributed by atoms with Gasteiger partial charge in [-0.1, -0.05) is 0 Å². The molecule has 0 atom stereocenters. The van der Waals surface area contributed by atoms with Crippen LogP contribution in [0.2, 0.25) is 0 Å². The molecule has 0 aromatic carbocycles. The zero-order valence-electron chi connectivity index (χ0n) is 6.27. The van der Waals surface area contributed by atoms with Gasteiger partial charge in [0.15, 0.2) is 0 Å². The first-order valence-corrected chi connectivity index (χ1v) is 2.62. The summed E-state index contributed by atoms with van der Waals surface area (Å²) in [5, 5.41) is 0. The van der Waals surface area contributed by atoms with Crippen molar-refractivity contribution in [1.29, 1.82) is 0 Å². The van der Waals surface area contributed by atoms with E-state index in [9.17, 15) is 51.8 Å². The first-order valence-electron chi connectivity index (χ1n) is 2.62. The number of hydrogen-bond acceptors (Lipinski definition) is 0. The standard InChI is InChI=1S/3BF4.Cs.H/c3*2-1(3,4)5;;/q3*-1;;. The summed E-state index contributed by atoms with van der Waals surface area (Å²) in [5.41, 5.74) is 0. The number of rotatable bonds is 0. The molecule has 0 aromatic rings. The van der Waals surface area contributed by atoms with Gasteiger partial charge < -0.3 is 51.8 Å². The van der Waals surface area contributed by atoms with E-state index in [-0.39, 0.29) is 68.9 Å². The molecule has 0 bridgehead atoms. The zero-order chi connectivity index (χ0) is 13.5. The summed E-state index contributed by atoms with van der Waals surface area (Å²) in [5.74, 6) is 0. The molecule has 0 aromatic heterocycles. The topological polar surface area (TPSA) is 0 Å². The van der Waals surface area contributed by atoms with E-state index >= 15 is 0 Å². The summed E-state index contributed by atoms with van der Waals surface area (Å²) in [4.78, 5) is 0. The van der Waals surface area contributed by atoms with Crippen molar-refractivity contribution >= 4 is 90.7 Å². The molecule has 0 aliphatic rings.